The molecule has 4 nitrogen and oxygen atoms in total. The Morgan fingerprint density at radius 1 is 1.33 bits per heavy atom. The highest BCUT2D eigenvalue weighted by Gasteiger charge is 2.38. The van der Waals surface area contributed by atoms with Crippen molar-refractivity contribution in [1.82, 2.24) is 4.90 Å². The van der Waals surface area contributed by atoms with E-state index in [9.17, 15) is 13.2 Å². The molecular formula is C8H14F3NO3. The fraction of sp³-hybridized carbons (Fsp3) is 0.875. The summed E-state index contributed by atoms with van der Waals surface area (Å²) in [6, 6.07) is 0. The van der Waals surface area contributed by atoms with Crippen LogP contribution in [-0.4, -0.2) is 53.5 Å². The SMILES string of the molecule is CN1CCC(O)CC1.O=C(O)C(F)(F)F. The second-order valence-electron chi connectivity index (χ2n) is 3.34. The number of aliphatic hydroxyl groups excluding tert-OH is 1. The van der Waals surface area contributed by atoms with Crippen LogP contribution >= 0.6 is 0 Å². The Kier molecular flexibility index (Phi) is 5.59. The van der Waals surface area contributed by atoms with Gasteiger partial charge >= 0.3 is 12.1 Å². The number of carboxylic acid groups (broad SMARTS) is 1. The normalized spacial score (nSPS) is 19.3. The summed E-state index contributed by atoms with van der Waals surface area (Å²) >= 11 is 0. The van der Waals surface area contributed by atoms with E-state index < -0.39 is 12.1 Å². The maximum Gasteiger partial charge on any atom is 0.490 e. The second-order valence-corrected chi connectivity index (χ2v) is 3.34. The molecule has 1 aliphatic heterocycles. The lowest BCUT2D eigenvalue weighted by Gasteiger charge is -2.25. The maximum atomic E-state index is 10.6. The summed E-state index contributed by atoms with van der Waals surface area (Å²) in [6.45, 7) is 2.11. The Hall–Kier alpha value is -0.820. The van der Waals surface area contributed by atoms with Gasteiger partial charge in [-0.25, -0.2) is 4.79 Å². The number of halogens is 3. The van der Waals surface area contributed by atoms with Crippen LogP contribution in [0.5, 0.6) is 0 Å². The minimum atomic E-state index is -5.08. The topological polar surface area (TPSA) is 60.8 Å². The van der Waals surface area contributed by atoms with Gasteiger partial charge < -0.3 is 15.1 Å². The van der Waals surface area contributed by atoms with E-state index in [4.69, 9.17) is 15.0 Å². The van der Waals surface area contributed by atoms with Crippen LogP contribution in [0.4, 0.5) is 13.2 Å². The number of carbonyl (C=O) groups is 1. The number of hydrogen-bond acceptors (Lipinski definition) is 3. The summed E-state index contributed by atoms with van der Waals surface area (Å²) in [7, 11) is 2.09. The van der Waals surface area contributed by atoms with E-state index in [2.05, 4.69) is 11.9 Å². The molecule has 1 rings (SSSR count). The molecular weight excluding hydrogens is 215 g/mol. The minimum absolute atomic E-state index is 0.0220. The zero-order valence-electron chi connectivity index (χ0n) is 8.29. The number of aliphatic hydroxyl groups is 1. The van der Waals surface area contributed by atoms with Crippen LogP contribution in [0.15, 0.2) is 0 Å². The van der Waals surface area contributed by atoms with Crippen LogP contribution in [0.1, 0.15) is 12.8 Å². The predicted octanol–water partition coefficient (Wildman–Crippen LogP) is 0.706. The number of rotatable bonds is 0. The third-order valence-corrected chi connectivity index (χ3v) is 1.93. The van der Waals surface area contributed by atoms with Crippen molar-refractivity contribution in [3.8, 4) is 0 Å². The molecule has 15 heavy (non-hydrogen) atoms. The fourth-order valence-corrected chi connectivity index (χ4v) is 0.995. The Morgan fingerprint density at radius 3 is 1.87 bits per heavy atom. The number of carboxylic acids is 1. The van der Waals surface area contributed by atoms with E-state index in [0.717, 1.165) is 25.9 Å². The number of piperidine rings is 1. The molecule has 2 N–H and O–H groups in total. The van der Waals surface area contributed by atoms with Crippen molar-refractivity contribution in [2.75, 3.05) is 20.1 Å². The molecule has 0 bridgehead atoms. The highest BCUT2D eigenvalue weighted by molar-refractivity contribution is 5.73. The lowest BCUT2D eigenvalue weighted by Crippen LogP contribution is -2.32. The summed E-state index contributed by atoms with van der Waals surface area (Å²) < 4.78 is 31.7. The lowest BCUT2D eigenvalue weighted by molar-refractivity contribution is -0.192. The molecule has 0 spiro atoms. The number of nitrogens with zero attached hydrogens (tertiary/aromatic N) is 1. The quantitative estimate of drug-likeness (QED) is 0.642. The minimum Gasteiger partial charge on any atom is -0.475 e. The molecule has 1 aliphatic rings. The highest BCUT2D eigenvalue weighted by atomic mass is 19.4. The first-order valence-electron chi connectivity index (χ1n) is 4.40. The van der Waals surface area contributed by atoms with Crippen molar-refractivity contribution in [3.63, 3.8) is 0 Å². The van der Waals surface area contributed by atoms with Gasteiger partial charge in [-0.15, -0.1) is 0 Å². The van der Waals surface area contributed by atoms with E-state index in [1.807, 2.05) is 0 Å². The molecule has 0 radical (unpaired) electrons. The maximum absolute atomic E-state index is 10.6. The zero-order valence-corrected chi connectivity index (χ0v) is 8.29. The van der Waals surface area contributed by atoms with Crippen molar-refractivity contribution in [3.05, 3.63) is 0 Å². The van der Waals surface area contributed by atoms with Crippen LogP contribution < -0.4 is 0 Å². The highest BCUT2D eigenvalue weighted by Crippen LogP contribution is 2.13. The summed E-state index contributed by atoms with van der Waals surface area (Å²) in [6.07, 6.45) is -3.20. The molecule has 0 saturated carbocycles. The standard InChI is InChI=1S/C6H13NO.C2HF3O2/c1-7-4-2-6(8)3-5-7;3-2(4,5)1(6)7/h6,8H,2-5H2,1H3;(H,6,7). The van der Waals surface area contributed by atoms with Gasteiger partial charge in [0.05, 0.1) is 6.10 Å². The van der Waals surface area contributed by atoms with E-state index >= 15 is 0 Å². The van der Waals surface area contributed by atoms with E-state index in [1.54, 1.807) is 0 Å². The van der Waals surface area contributed by atoms with Crippen molar-refractivity contribution >= 4 is 5.97 Å². The van der Waals surface area contributed by atoms with Crippen LogP contribution in [0.3, 0.4) is 0 Å². The first-order valence-corrected chi connectivity index (χ1v) is 4.40. The van der Waals surface area contributed by atoms with Gasteiger partial charge in [-0.2, -0.15) is 13.2 Å². The third kappa shape index (κ3) is 7.15. The van der Waals surface area contributed by atoms with Crippen LogP contribution in [0.2, 0.25) is 0 Å². The van der Waals surface area contributed by atoms with Gasteiger partial charge in [0.1, 0.15) is 0 Å². The number of alkyl halides is 3. The van der Waals surface area contributed by atoms with Gasteiger partial charge in [0.15, 0.2) is 0 Å². The molecule has 1 saturated heterocycles. The van der Waals surface area contributed by atoms with Crippen LogP contribution in [0.25, 0.3) is 0 Å². The summed E-state index contributed by atoms with van der Waals surface area (Å²) in [4.78, 5) is 11.1. The van der Waals surface area contributed by atoms with Gasteiger partial charge in [-0.1, -0.05) is 0 Å². The molecule has 0 amide bonds. The van der Waals surface area contributed by atoms with Crippen molar-refractivity contribution in [2.45, 2.75) is 25.1 Å². The van der Waals surface area contributed by atoms with Crippen molar-refractivity contribution < 1.29 is 28.2 Å². The molecule has 90 valence electrons. The van der Waals surface area contributed by atoms with Gasteiger partial charge in [0.25, 0.3) is 0 Å². The lowest BCUT2D eigenvalue weighted by atomic mass is 10.1. The molecule has 1 fully saturated rings. The molecule has 1 heterocycles. The van der Waals surface area contributed by atoms with Crippen LogP contribution in [0, 0.1) is 0 Å². The molecule has 0 aromatic rings. The Balaban J connectivity index is 0.000000265. The van der Waals surface area contributed by atoms with Crippen LogP contribution in [-0.2, 0) is 4.79 Å². The van der Waals surface area contributed by atoms with Gasteiger partial charge in [0.2, 0.25) is 0 Å². The van der Waals surface area contributed by atoms with Gasteiger partial charge in [-0.3, -0.25) is 0 Å². The molecule has 0 aromatic carbocycles. The summed E-state index contributed by atoms with van der Waals surface area (Å²) in [5.74, 6) is -2.76. The number of hydrogen-bond donors (Lipinski definition) is 2. The Bertz CT molecular complexity index is 190. The summed E-state index contributed by atoms with van der Waals surface area (Å²) in [5.41, 5.74) is 0. The molecule has 0 atom stereocenters. The molecule has 0 unspecified atom stereocenters. The van der Waals surface area contributed by atoms with E-state index in [0.29, 0.717) is 0 Å². The molecule has 0 aromatic heterocycles. The van der Waals surface area contributed by atoms with Gasteiger partial charge in [-0.05, 0) is 19.9 Å². The predicted molar refractivity (Wildman–Crippen MR) is 46.4 cm³/mol. The summed E-state index contributed by atoms with van der Waals surface area (Å²) in [5, 5.41) is 16.1. The van der Waals surface area contributed by atoms with Gasteiger partial charge in [0, 0.05) is 13.1 Å². The van der Waals surface area contributed by atoms with E-state index in [-0.39, 0.29) is 6.10 Å². The largest absolute Gasteiger partial charge is 0.490 e. The first-order chi connectivity index (χ1) is 6.73. The number of likely N-dealkylation sites (tertiary alicyclic amines) is 1. The second kappa shape index (κ2) is 5.92. The number of aliphatic carboxylic acids is 1. The zero-order chi connectivity index (χ0) is 12.1. The van der Waals surface area contributed by atoms with Crippen molar-refractivity contribution in [1.29, 1.82) is 0 Å². The van der Waals surface area contributed by atoms with E-state index in [1.165, 1.54) is 0 Å². The van der Waals surface area contributed by atoms with Crippen molar-refractivity contribution in [2.24, 2.45) is 0 Å². The average Bonchev–Trinajstić information content (AvgIpc) is 2.09. The monoisotopic (exact) mass is 229 g/mol. The fourth-order valence-electron chi connectivity index (χ4n) is 0.995. The smallest absolute Gasteiger partial charge is 0.475 e. The third-order valence-electron chi connectivity index (χ3n) is 1.93. The molecule has 7 heteroatoms. The Labute approximate surface area is 85.3 Å². The molecule has 0 aliphatic carbocycles. The first kappa shape index (κ1) is 14.2. The Morgan fingerprint density at radius 2 is 1.67 bits per heavy atom. The average molecular weight is 229 g/mol.